The zero-order valence-corrected chi connectivity index (χ0v) is 13.2. The van der Waals surface area contributed by atoms with E-state index in [1.165, 1.54) is 38.5 Å². The molecular weight excluding hydrogens is 248 g/mol. The van der Waals surface area contributed by atoms with Crippen LogP contribution in [0.15, 0.2) is 12.2 Å². The van der Waals surface area contributed by atoms with E-state index in [9.17, 15) is 4.79 Å². The maximum Gasteiger partial charge on any atom is 0.306 e. The Balaban J connectivity index is 2.37. The number of esters is 1. The standard InChI is InChI=1S/C18H32O2/c1-2-14-17-15-12-10-8-6-4-3-5-7-9-11-13-16-18(19)20-17/h5,7,17H,2-4,6,8-16H2,1H3/b7-5-. The Labute approximate surface area is 125 Å². The molecule has 0 aliphatic carbocycles. The van der Waals surface area contributed by atoms with Gasteiger partial charge in [0, 0.05) is 6.42 Å². The predicted molar refractivity (Wildman–Crippen MR) is 84.7 cm³/mol. The minimum Gasteiger partial charge on any atom is -0.462 e. The molecule has 116 valence electrons. The van der Waals surface area contributed by atoms with Gasteiger partial charge >= 0.3 is 5.97 Å². The van der Waals surface area contributed by atoms with E-state index in [0.717, 1.165) is 38.5 Å². The molecule has 0 amide bonds. The van der Waals surface area contributed by atoms with Crippen LogP contribution in [-0.2, 0) is 9.53 Å². The van der Waals surface area contributed by atoms with Crippen LogP contribution in [0.1, 0.15) is 90.4 Å². The summed E-state index contributed by atoms with van der Waals surface area (Å²) in [5.74, 6) is 0.0134. The van der Waals surface area contributed by atoms with Crippen LogP contribution in [0, 0.1) is 0 Å². The molecule has 1 heterocycles. The molecule has 0 bridgehead atoms. The molecule has 0 aromatic rings. The van der Waals surface area contributed by atoms with Crippen molar-refractivity contribution in [1.29, 1.82) is 0 Å². The predicted octanol–water partition coefficient (Wildman–Crippen LogP) is 5.56. The minimum atomic E-state index is 0.0134. The van der Waals surface area contributed by atoms with Gasteiger partial charge in [-0.2, -0.15) is 0 Å². The quantitative estimate of drug-likeness (QED) is 0.489. The molecule has 2 nitrogen and oxygen atoms in total. The molecule has 0 aromatic carbocycles. The van der Waals surface area contributed by atoms with Gasteiger partial charge in [0.2, 0.25) is 0 Å². The summed E-state index contributed by atoms with van der Waals surface area (Å²) in [5.41, 5.74) is 0. The van der Waals surface area contributed by atoms with Gasteiger partial charge in [0.1, 0.15) is 6.10 Å². The summed E-state index contributed by atoms with van der Waals surface area (Å²) in [6, 6.07) is 0. The lowest BCUT2D eigenvalue weighted by molar-refractivity contribution is -0.150. The Morgan fingerprint density at radius 2 is 1.65 bits per heavy atom. The summed E-state index contributed by atoms with van der Waals surface area (Å²) in [7, 11) is 0. The monoisotopic (exact) mass is 280 g/mol. The van der Waals surface area contributed by atoms with Crippen molar-refractivity contribution in [2.75, 3.05) is 0 Å². The van der Waals surface area contributed by atoms with Crippen LogP contribution in [-0.4, -0.2) is 12.1 Å². The summed E-state index contributed by atoms with van der Waals surface area (Å²) in [6.45, 7) is 2.17. The van der Waals surface area contributed by atoms with Crippen molar-refractivity contribution in [2.45, 2.75) is 96.5 Å². The largest absolute Gasteiger partial charge is 0.462 e. The van der Waals surface area contributed by atoms with E-state index in [4.69, 9.17) is 4.74 Å². The van der Waals surface area contributed by atoms with Crippen LogP contribution >= 0.6 is 0 Å². The highest BCUT2D eigenvalue weighted by Gasteiger charge is 2.13. The number of allylic oxidation sites excluding steroid dienone is 2. The van der Waals surface area contributed by atoms with Gasteiger partial charge in [-0.05, 0) is 51.4 Å². The smallest absolute Gasteiger partial charge is 0.306 e. The Kier molecular flexibility index (Phi) is 10.3. The molecule has 1 aliphatic heterocycles. The van der Waals surface area contributed by atoms with E-state index in [0.29, 0.717) is 6.42 Å². The SMILES string of the molecule is CCCC1CCCCCCC/C=C\CCCCC(=O)O1. The van der Waals surface area contributed by atoms with Gasteiger partial charge < -0.3 is 4.74 Å². The molecule has 1 atom stereocenters. The molecule has 2 heteroatoms. The van der Waals surface area contributed by atoms with E-state index in [-0.39, 0.29) is 12.1 Å². The number of cyclic esters (lactones) is 1. The molecule has 0 aromatic heterocycles. The fraction of sp³-hybridized carbons (Fsp3) is 0.833. The normalized spacial score (nSPS) is 25.9. The van der Waals surface area contributed by atoms with Crippen LogP contribution in [0.5, 0.6) is 0 Å². The molecule has 0 N–H and O–H groups in total. The zero-order chi connectivity index (χ0) is 14.5. The van der Waals surface area contributed by atoms with Crippen molar-refractivity contribution in [1.82, 2.24) is 0 Å². The number of hydrogen-bond donors (Lipinski definition) is 0. The number of carbonyl (C=O) groups excluding carboxylic acids is 1. The topological polar surface area (TPSA) is 26.3 Å². The number of hydrogen-bond acceptors (Lipinski definition) is 2. The highest BCUT2D eigenvalue weighted by Crippen LogP contribution is 2.16. The zero-order valence-electron chi connectivity index (χ0n) is 13.2. The average molecular weight is 280 g/mol. The third-order valence-electron chi connectivity index (χ3n) is 3.97. The van der Waals surface area contributed by atoms with Crippen LogP contribution in [0.2, 0.25) is 0 Å². The molecule has 1 aliphatic rings. The maximum absolute atomic E-state index is 11.8. The fourth-order valence-corrected chi connectivity index (χ4v) is 2.76. The van der Waals surface area contributed by atoms with E-state index in [1.807, 2.05) is 0 Å². The van der Waals surface area contributed by atoms with Gasteiger partial charge in [-0.3, -0.25) is 4.79 Å². The lowest BCUT2D eigenvalue weighted by Crippen LogP contribution is -2.18. The summed E-state index contributed by atoms with van der Waals surface area (Å²) >= 11 is 0. The van der Waals surface area contributed by atoms with Gasteiger partial charge in [0.15, 0.2) is 0 Å². The second-order valence-electron chi connectivity index (χ2n) is 5.96. The van der Waals surface area contributed by atoms with Gasteiger partial charge in [-0.25, -0.2) is 0 Å². The first-order valence-electron chi connectivity index (χ1n) is 8.67. The second kappa shape index (κ2) is 12.0. The molecule has 1 unspecified atom stereocenters. The molecule has 0 radical (unpaired) electrons. The number of ether oxygens (including phenoxy) is 1. The molecule has 20 heavy (non-hydrogen) atoms. The van der Waals surface area contributed by atoms with Crippen LogP contribution in [0.4, 0.5) is 0 Å². The molecular formula is C18H32O2. The third-order valence-corrected chi connectivity index (χ3v) is 3.97. The Hall–Kier alpha value is -0.790. The van der Waals surface area contributed by atoms with Gasteiger partial charge in [-0.1, -0.05) is 44.8 Å². The van der Waals surface area contributed by atoms with Crippen molar-refractivity contribution in [2.24, 2.45) is 0 Å². The summed E-state index contributed by atoms with van der Waals surface area (Å²) in [5, 5.41) is 0. The van der Waals surface area contributed by atoms with Crippen molar-refractivity contribution in [3.8, 4) is 0 Å². The average Bonchev–Trinajstić information content (AvgIpc) is 2.42. The number of rotatable bonds is 2. The second-order valence-corrected chi connectivity index (χ2v) is 5.96. The van der Waals surface area contributed by atoms with Crippen molar-refractivity contribution < 1.29 is 9.53 Å². The van der Waals surface area contributed by atoms with Crippen molar-refractivity contribution in [3.63, 3.8) is 0 Å². The molecule has 0 spiro atoms. The Morgan fingerprint density at radius 3 is 2.40 bits per heavy atom. The molecule has 1 rings (SSSR count). The van der Waals surface area contributed by atoms with Gasteiger partial charge in [0.05, 0.1) is 0 Å². The van der Waals surface area contributed by atoms with Crippen LogP contribution < -0.4 is 0 Å². The third kappa shape index (κ3) is 9.17. The first kappa shape index (κ1) is 17.3. The minimum absolute atomic E-state index is 0.0134. The molecule has 0 saturated carbocycles. The van der Waals surface area contributed by atoms with E-state index >= 15 is 0 Å². The summed E-state index contributed by atoms with van der Waals surface area (Å²) in [4.78, 5) is 11.8. The maximum atomic E-state index is 11.8. The Morgan fingerprint density at radius 1 is 1.00 bits per heavy atom. The lowest BCUT2D eigenvalue weighted by Gasteiger charge is -2.17. The summed E-state index contributed by atoms with van der Waals surface area (Å²) < 4.78 is 5.63. The molecule has 0 saturated heterocycles. The highest BCUT2D eigenvalue weighted by molar-refractivity contribution is 5.69. The van der Waals surface area contributed by atoms with E-state index < -0.39 is 0 Å². The van der Waals surface area contributed by atoms with Crippen LogP contribution in [0.3, 0.4) is 0 Å². The van der Waals surface area contributed by atoms with E-state index in [2.05, 4.69) is 19.1 Å². The molecule has 0 fully saturated rings. The first-order chi connectivity index (χ1) is 9.83. The van der Waals surface area contributed by atoms with Crippen LogP contribution in [0.25, 0.3) is 0 Å². The van der Waals surface area contributed by atoms with Gasteiger partial charge in [-0.15, -0.1) is 0 Å². The van der Waals surface area contributed by atoms with Crippen molar-refractivity contribution >= 4 is 5.97 Å². The Bertz CT molecular complexity index is 271. The first-order valence-corrected chi connectivity index (χ1v) is 8.67. The van der Waals surface area contributed by atoms with Gasteiger partial charge in [0.25, 0.3) is 0 Å². The summed E-state index contributed by atoms with van der Waals surface area (Å²) in [6.07, 6.45) is 19.4. The van der Waals surface area contributed by atoms with Crippen molar-refractivity contribution in [3.05, 3.63) is 12.2 Å². The fourth-order valence-electron chi connectivity index (χ4n) is 2.76. The number of carbonyl (C=O) groups is 1. The highest BCUT2D eigenvalue weighted by atomic mass is 16.5. The van der Waals surface area contributed by atoms with E-state index in [1.54, 1.807) is 0 Å². The lowest BCUT2D eigenvalue weighted by atomic mass is 10.0.